The van der Waals surface area contributed by atoms with Crippen LogP contribution in [0.15, 0.2) is 24.3 Å². The zero-order chi connectivity index (χ0) is 75.5. The molecule has 0 aromatic rings. The molecule has 0 spiro atoms. The van der Waals surface area contributed by atoms with Crippen LogP contribution in [0.1, 0.15) is 207 Å². The van der Waals surface area contributed by atoms with Gasteiger partial charge in [-0.1, -0.05) is 154 Å². The number of carbonyl (C=O) groups is 5. The summed E-state index contributed by atoms with van der Waals surface area (Å²) < 4.78 is 46.4. The van der Waals surface area contributed by atoms with Crippen LogP contribution >= 0.6 is 0 Å². The number of nitrogens with one attached hydrogen (secondary N) is 3. The monoisotopic (exact) mass is 1470 g/mol. The predicted molar refractivity (Wildman–Crippen MR) is 363 cm³/mol. The van der Waals surface area contributed by atoms with Gasteiger partial charge in [0, 0.05) is 33.1 Å². The largest absolute Gasteiger partial charge is 0.477 e. The van der Waals surface area contributed by atoms with Crippen molar-refractivity contribution < 1.29 is 144 Å². The maximum Gasteiger partial charge on any atom is 0.364 e. The quantitative estimate of drug-likeness (QED) is 0.0284. The highest BCUT2D eigenvalue weighted by molar-refractivity contribution is 5.78. The lowest BCUT2D eigenvalue weighted by atomic mass is 9.87. The normalized spacial score (nSPS) is 31.8. The molecular weight excluding hydrogens is 1350 g/mol. The third-order valence-electron chi connectivity index (χ3n) is 19.1. The van der Waals surface area contributed by atoms with Gasteiger partial charge in [0.25, 0.3) is 11.6 Å². The predicted octanol–water partition coefficient (Wildman–Crippen LogP) is 0.115. The molecule has 0 aromatic heterocycles. The van der Waals surface area contributed by atoms with Crippen LogP contribution in [0.4, 0.5) is 0 Å². The van der Waals surface area contributed by atoms with Crippen molar-refractivity contribution in [1.29, 1.82) is 0 Å². The second-order valence-corrected chi connectivity index (χ2v) is 27.5. The van der Waals surface area contributed by atoms with Crippen molar-refractivity contribution in [2.24, 2.45) is 0 Å². The van der Waals surface area contributed by atoms with Gasteiger partial charge in [0.15, 0.2) is 12.6 Å². The highest BCUT2D eigenvalue weighted by Crippen LogP contribution is 2.41. The van der Waals surface area contributed by atoms with Gasteiger partial charge in [0.2, 0.25) is 17.7 Å². The van der Waals surface area contributed by atoms with Gasteiger partial charge in [-0.25, -0.2) is 9.59 Å². The zero-order valence-electron chi connectivity index (χ0n) is 59.8. The van der Waals surface area contributed by atoms with E-state index in [1.807, 2.05) is 6.08 Å². The van der Waals surface area contributed by atoms with Gasteiger partial charge >= 0.3 is 11.9 Å². The molecule has 3 amide bonds. The van der Waals surface area contributed by atoms with E-state index in [9.17, 15) is 106 Å². The Labute approximate surface area is 598 Å². The third kappa shape index (κ3) is 28.3. The number of hydrogen-bond donors (Lipinski definition) is 19. The first kappa shape index (κ1) is 90.3. The number of aliphatic hydroxyl groups excluding tert-OH is 14. The lowest BCUT2D eigenvalue weighted by molar-refractivity contribution is -0.388. The van der Waals surface area contributed by atoms with Crippen LogP contribution in [0.2, 0.25) is 0 Å². The molecule has 24 atom stereocenters. The summed E-state index contributed by atoms with van der Waals surface area (Å²) in [6.45, 7) is 1.07. The smallest absolute Gasteiger partial charge is 0.364 e. The molecule has 4 saturated heterocycles. The number of ether oxygens (including phenoxy) is 8. The molecule has 32 nitrogen and oxygen atoms in total. The van der Waals surface area contributed by atoms with E-state index in [0.717, 1.165) is 78.1 Å². The van der Waals surface area contributed by atoms with E-state index in [2.05, 4.69) is 41.9 Å². The highest BCUT2D eigenvalue weighted by Gasteiger charge is 2.62. The van der Waals surface area contributed by atoms with Gasteiger partial charge in [0.05, 0.1) is 69.5 Å². The fourth-order valence-corrected chi connectivity index (χ4v) is 13.2. The summed E-state index contributed by atoms with van der Waals surface area (Å²) in [5, 5.41) is 185. The van der Waals surface area contributed by atoms with Crippen LogP contribution < -0.4 is 16.0 Å². The van der Waals surface area contributed by atoms with Gasteiger partial charge in [0.1, 0.15) is 85.5 Å². The number of allylic oxidation sites excluding steroid dienone is 3. The minimum absolute atomic E-state index is 0.141. The van der Waals surface area contributed by atoms with Crippen LogP contribution in [0.5, 0.6) is 0 Å². The Morgan fingerprint density at radius 2 is 0.990 bits per heavy atom. The SMILES string of the molecule is CCCCCCCCC=CCCCCCCCC(=O)NC(COC1OC(CO)C(OC2OC(CO)C(O)C(OC3(C(=O)O)CC(O)C(NC(C)=O)C(C(O)C(CO)OC4(C(=O)O)CC(O)C(NC(C)=O)C(C(O)C(O)CO)O4)O3)C2O)C(O)C1O)C(O)C=CCCCCCCCCCCCCC. The van der Waals surface area contributed by atoms with Crippen LogP contribution in [0.3, 0.4) is 0 Å². The second-order valence-electron chi connectivity index (χ2n) is 27.5. The minimum Gasteiger partial charge on any atom is -0.477 e. The van der Waals surface area contributed by atoms with Crippen molar-refractivity contribution in [3.63, 3.8) is 0 Å². The maximum absolute atomic E-state index is 13.6. The van der Waals surface area contributed by atoms with Crippen LogP contribution in [-0.4, -0.2) is 290 Å². The van der Waals surface area contributed by atoms with Gasteiger partial charge in [-0.05, 0) is 44.9 Å². The summed E-state index contributed by atoms with van der Waals surface area (Å²) in [7, 11) is 0. The fourth-order valence-electron chi connectivity index (χ4n) is 13.2. The number of hydrogen-bond acceptors (Lipinski definition) is 27. The van der Waals surface area contributed by atoms with E-state index >= 15 is 0 Å². The molecule has 0 saturated carbocycles. The number of aliphatic carboxylic acids is 2. The number of carboxylic acid groups (broad SMARTS) is 2. The van der Waals surface area contributed by atoms with Gasteiger partial charge in [-0.3, -0.25) is 14.4 Å². The van der Waals surface area contributed by atoms with Crippen LogP contribution in [0, 0.1) is 0 Å². The molecule has 592 valence electrons. The average molecular weight is 1470 g/mol. The van der Waals surface area contributed by atoms with E-state index in [1.54, 1.807) is 6.08 Å². The highest BCUT2D eigenvalue weighted by atomic mass is 16.8. The van der Waals surface area contributed by atoms with Crippen molar-refractivity contribution in [3.8, 4) is 0 Å². The molecule has 0 aromatic carbocycles. The first-order valence-electron chi connectivity index (χ1n) is 36.9. The Morgan fingerprint density at radius 1 is 0.529 bits per heavy atom. The van der Waals surface area contributed by atoms with Crippen molar-refractivity contribution in [1.82, 2.24) is 16.0 Å². The van der Waals surface area contributed by atoms with Crippen molar-refractivity contribution in [2.45, 2.75) is 354 Å². The van der Waals surface area contributed by atoms with Crippen molar-refractivity contribution >= 4 is 29.7 Å². The average Bonchev–Trinajstić information content (AvgIpc) is 0.755. The molecule has 4 rings (SSSR count). The molecule has 0 bridgehead atoms. The van der Waals surface area contributed by atoms with Gasteiger partial charge in [-0.2, -0.15) is 0 Å². The molecule has 102 heavy (non-hydrogen) atoms. The zero-order valence-corrected chi connectivity index (χ0v) is 59.8. The first-order valence-corrected chi connectivity index (χ1v) is 36.9. The number of carbonyl (C=O) groups excluding carboxylic acids is 3. The number of unbranched alkanes of at least 4 members (excludes halogenated alkanes) is 22. The third-order valence-corrected chi connectivity index (χ3v) is 19.1. The first-order chi connectivity index (χ1) is 48.7. The van der Waals surface area contributed by atoms with Crippen LogP contribution in [-0.2, 0) is 61.9 Å². The van der Waals surface area contributed by atoms with Gasteiger partial charge < -0.3 is 136 Å². The van der Waals surface area contributed by atoms with E-state index < -0.39 is 216 Å². The van der Waals surface area contributed by atoms with Crippen molar-refractivity contribution in [2.75, 3.05) is 33.0 Å². The summed E-state index contributed by atoms with van der Waals surface area (Å²) in [4.78, 5) is 64.9. The Hall–Kier alpha value is -4.05. The summed E-state index contributed by atoms with van der Waals surface area (Å²) in [6.07, 6.45) is -7.25. The topological polar surface area (TPSA) is 519 Å². The Balaban J connectivity index is 1.51. The maximum atomic E-state index is 13.6. The van der Waals surface area contributed by atoms with E-state index in [-0.39, 0.29) is 12.3 Å². The molecule has 4 fully saturated rings. The van der Waals surface area contributed by atoms with Crippen LogP contribution in [0.25, 0.3) is 0 Å². The molecule has 19 N–H and O–H groups in total. The fraction of sp³-hybridized carbons (Fsp3) is 0.871. The second kappa shape index (κ2) is 47.6. The van der Waals surface area contributed by atoms with Crippen molar-refractivity contribution in [3.05, 3.63) is 24.3 Å². The molecule has 4 aliphatic heterocycles. The standard InChI is InChI=1S/C70H123N3O29/c1-5-7-9-11-13-15-17-19-20-22-24-26-28-30-32-34-52(84)73-44(45(80)33-31-29-27-25-23-21-18-16-14-12-10-8-6-2)41-95-65-59(89)58(88)61(51(40-77)97-65)98-66-60(90)64(56(86)49(38-75)96-66)102-70(68(93)94)36-47(82)54(72-43(4)79)63(101-70)57(87)50(39-76)99-69(67(91)92)35-46(81)53(71-42(3)78)62(100-69)55(85)48(83)37-74/h19-20,31,33,44-51,53-66,74-77,80-83,85-90H,5-18,21-30,32,34-41H2,1-4H3,(H,71,78)(H,72,79)(H,73,84)(H,91,92)(H,93,94). The van der Waals surface area contributed by atoms with E-state index in [0.29, 0.717) is 12.8 Å². The lowest BCUT2D eigenvalue weighted by Crippen LogP contribution is -2.72. The van der Waals surface area contributed by atoms with E-state index in [4.69, 9.17) is 37.9 Å². The summed E-state index contributed by atoms with van der Waals surface area (Å²) >= 11 is 0. The summed E-state index contributed by atoms with van der Waals surface area (Å²) in [6, 6.07) is -4.74. The molecule has 24 unspecified atom stereocenters. The number of carboxylic acids is 2. The molecule has 0 radical (unpaired) electrons. The Morgan fingerprint density at radius 3 is 1.47 bits per heavy atom. The van der Waals surface area contributed by atoms with Gasteiger partial charge in [-0.15, -0.1) is 0 Å². The summed E-state index contributed by atoms with van der Waals surface area (Å²) in [5.41, 5.74) is 0. The number of aliphatic hydroxyl groups is 14. The summed E-state index contributed by atoms with van der Waals surface area (Å²) in [5.74, 6) is -13.1. The molecule has 32 heteroatoms. The van der Waals surface area contributed by atoms with E-state index in [1.165, 1.54) is 83.5 Å². The molecular formula is C70H123N3O29. The Kier molecular flexibility index (Phi) is 42.2. The number of amides is 3. The lowest BCUT2D eigenvalue weighted by Gasteiger charge is -2.51. The molecule has 4 heterocycles. The molecule has 0 aliphatic carbocycles. The molecule has 4 aliphatic rings. The Bertz CT molecular complexity index is 2450. The minimum atomic E-state index is -3.39. The number of rotatable bonds is 51.